The van der Waals surface area contributed by atoms with Crippen LogP contribution in [-0.2, 0) is 19.9 Å². The van der Waals surface area contributed by atoms with Crippen LogP contribution in [0, 0.1) is 23.2 Å². The Hall–Kier alpha value is -3.52. The zero-order chi connectivity index (χ0) is 28.7. The Bertz CT molecular complexity index is 1460. The Balaban J connectivity index is 1.04. The molecule has 1 saturated carbocycles. The summed E-state index contributed by atoms with van der Waals surface area (Å²) in [7, 11) is 0. The molecule has 0 bridgehead atoms. The molecule has 10 heteroatoms. The van der Waals surface area contributed by atoms with Gasteiger partial charge in [-0.25, -0.2) is 4.52 Å². The number of carbonyl (C=O) groups is 1. The van der Waals surface area contributed by atoms with E-state index in [4.69, 9.17) is 19.7 Å². The standard InChI is InChI=1S/C32H39N7O3/c1-2-42-32(6-9-36(10-7-32)27-21-41-22-27)26-3-4-28(34-19-26)25-17-30-29(5-8-35-39(30)20-25)37-11-13-38(14-12-37)31(40)24-15-23(16-24)18-33/h3-5,8,17,19-20,23-24,27H,2,6-7,9-16,21-22H2,1H3/t23-,24-. The van der Waals surface area contributed by atoms with Crippen molar-refractivity contribution in [3.8, 4) is 17.3 Å². The van der Waals surface area contributed by atoms with Crippen LogP contribution in [0.2, 0.25) is 0 Å². The van der Waals surface area contributed by atoms with Crippen molar-refractivity contribution in [3.63, 3.8) is 0 Å². The van der Waals surface area contributed by atoms with E-state index in [9.17, 15) is 4.79 Å². The molecule has 4 aliphatic rings. The molecule has 1 aliphatic carbocycles. The molecule has 3 aromatic rings. The lowest BCUT2D eigenvalue weighted by Gasteiger charge is -2.46. The Kier molecular flexibility index (Phi) is 7.34. The third-order valence-electron chi connectivity index (χ3n) is 9.84. The van der Waals surface area contributed by atoms with Crippen LogP contribution in [0.25, 0.3) is 16.8 Å². The molecule has 1 amide bonds. The van der Waals surface area contributed by atoms with E-state index in [1.807, 2.05) is 28.0 Å². The highest BCUT2D eigenvalue weighted by atomic mass is 16.5. The van der Waals surface area contributed by atoms with Crippen molar-refractivity contribution in [2.75, 3.05) is 64.0 Å². The van der Waals surface area contributed by atoms with E-state index in [1.54, 1.807) is 0 Å². The molecule has 220 valence electrons. The van der Waals surface area contributed by atoms with Crippen molar-refractivity contribution < 1.29 is 14.3 Å². The molecule has 0 atom stereocenters. The lowest BCUT2D eigenvalue weighted by atomic mass is 9.75. The summed E-state index contributed by atoms with van der Waals surface area (Å²) in [6, 6.07) is 11.4. The predicted molar refractivity (Wildman–Crippen MR) is 158 cm³/mol. The average molecular weight is 570 g/mol. The van der Waals surface area contributed by atoms with E-state index >= 15 is 0 Å². The first-order valence-corrected chi connectivity index (χ1v) is 15.4. The third kappa shape index (κ3) is 4.93. The van der Waals surface area contributed by atoms with Crippen molar-refractivity contribution >= 4 is 17.1 Å². The van der Waals surface area contributed by atoms with Crippen LogP contribution in [0.1, 0.15) is 38.2 Å². The molecule has 6 heterocycles. The SMILES string of the molecule is CCOC1(c2ccc(-c3cc4c(N5CCN(C(=O)[C@H]6C[C@H](C#N)C6)CC5)ccnn4c3)nc2)CCN(C2COC2)CC1. The van der Waals surface area contributed by atoms with Gasteiger partial charge in [0.2, 0.25) is 5.91 Å². The van der Waals surface area contributed by atoms with Gasteiger partial charge in [0.25, 0.3) is 0 Å². The van der Waals surface area contributed by atoms with Crippen LogP contribution in [-0.4, -0.2) is 95.4 Å². The molecule has 3 aromatic heterocycles. The van der Waals surface area contributed by atoms with Gasteiger partial charge in [-0.1, -0.05) is 6.07 Å². The van der Waals surface area contributed by atoms with E-state index in [2.05, 4.69) is 52.2 Å². The van der Waals surface area contributed by atoms with Gasteiger partial charge in [0.05, 0.1) is 47.8 Å². The Labute approximate surface area is 246 Å². The number of nitriles is 1. The molecule has 7 rings (SSSR count). The van der Waals surface area contributed by atoms with Gasteiger partial charge in [-0.05, 0) is 50.8 Å². The highest BCUT2D eigenvalue weighted by Gasteiger charge is 2.40. The molecule has 3 saturated heterocycles. The summed E-state index contributed by atoms with van der Waals surface area (Å²) in [6.07, 6.45) is 9.23. The van der Waals surface area contributed by atoms with Gasteiger partial charge in [0, 0.05) is 87.4 Å². The second-order valence-electron chi connectivity index (χ2n) is 12.2. The number of piperazine rings is 1. The predicted octanol–water partition coefficient (Wildman–Crippen LogP) is 3.32. The number of hydrogen-bond acceptors (Lipinski definition) is 8. The van der Waals surface area contributed by atoms with Crippen LogP contribution in [0.5, 0.6) is 0 Å². The van der Waals surface area contributed by atoms with Gasteiger partial charge in [0.1, 0.15) is 0 Å². The van der Waals surface area contributed by atoms with Gasteiger partial charge in [-0.15, -0.1) is 0 Å². The van der Waals surface area contributed by atoms with Crippen molar-refractivity contribution in [2.45, 2.75) is 44.2 Å². The molecular weight excluding hydrogens is 530 g/mol. The maximum Gasteiger partial charge on any atom is 0.225 e. The minimum absolute atomic E-state index is 0.0274. The van der Waals surface area contributed by atoms with Gasteiger partial charge in [-0.3, -0.25) is 14.7 Å². The fraction of sp³-hybridized carbons (Fsp3) is 0.562. The smallest absolute Gasteiger partial charge is 0.225 e. The van der Waals surface area contributed by atoms with Gasteiger partial charge in [-0.2, -0.15) is 10.4 Å². The quantitative estimate of drug-likeness (QED) is 0.428. The molecule has 0 aromatic carbocycles. The lowest BCUT2D eigenvalue weighted by Crippen LogP contribution is -2.54. The highest BCUT2D eigenvalue weighted by Crippen LogP contribution is 2.39. The summed E-state index contributed by atoms with van der Waals surface area (Å²) in [5.74, 6) is 0.292. The summed E-state index contributed by atoms with van der Waals surface area (Å²) in [5.41, 5.74) is 4.95. The summed E-state index contributed by atoms with van der Waals surface area (Å²) in [5, 5.41) is 13.6. The van der Waals surface area contributed by atoms with E-state index in [1.165, 1.54) is 0 Å². The second kappa shape index (κ2) is 11.3. The highest BCUT2D eigenvalue weighted by molar-refractivity contribution is 5.81. The molecular formula is C32H39N7O3. The van der Waals surface area contributed by atoms with Crippen LogP contribution >= 0.6 is 0 Å². The maximum atomic E-state index is 12.9. The monoisotopic (exact) mass is 569 g/mol. The number of nitrogens with zero attached hydrogens (tertiary/aromatic N) is 7. The number of ether oxygens (including phenoxy) is 2. The first kappa shape index (κ1) is 27.3. The van der Waals surface area contributed by atoms with Crippen molar-refractivity contribution in [3.05, 3.63) is 48.4 Å². The normalized spacial score (nSPS) is 24.7. The molecule has 0 radical (unpaired) electrons. The summed E-state index contributed by atoms with van der Waals surface area (Å²) in [6.45, 7) is 9.43. The molecule has 0 spiro atoms. The number of rotatable bonds is 7. The van der Waals surface area contributed by atoms with Crippen molar-refractivity contribution in [2.24, 2.45) is 11.8 Å². The van der Waals surface area contributed by atoms with Gasteiger partial charge in [0.15, 0.2) is 0 Å². The first-order valence-electron chi connectivity index (χ1n) is 15.4. The second-order valence-corrected chi connectivity index (χ2v) is 12.2. The van der Waals surface area contributed by atoms with E-state index in [0.29, 0.717) is 38.6 Å². The van der Waals surface area contributed by atoms with E-state index in [0.717, 1.165) is 80.3 Å². The number of anilines is 1. The fourth-order valence-corrected chi connectivity index (χ4v) is 7.07. The molecule has 10 nitrogen and oxygen atoms in total. The third-order valence-corrected chi connectivity index (χ3v) is 9.84. The number of pyridine rings is 1. The molecule has 3 aliphatic heterocycles. The number of fused-ring (bicyclic) bond motifs is 1. The Morgan fingerprint density at radius 3 is 2.55 bits per heavy atom. The van der Waals surface area contributed by atoms with Crippen LogP contribution in [0.15, 0.2) is 42.9 Å². The topological polar surface area (TPSA) is 99.2 Å². The molecule has 4 fully saturated rings. The average Bonchev–Trinajstić information content (AvgIpc) is 3.42. The minimum atomic E-state index is -0.290. The number of aromatic nitrogens is 3. The van der Waals surface area contributed by atoms with Crippen molar-refractivity contribution in [1.82, 2.24) is 24.4 Å². The van der Waals surface area contributed by atoms with Crippen LogP contribution < -0.4 is 4.90 Å². The maximum absolute atomic E-state index is 12.9. The Morgan fingerprint density at radius 1 is 1.12 bits per heavy atom. The number of hydrogen-bond donors (Lipinski definition) is 0. The number of amides is 1. The number of carbonyl (C=O) groups excluding carboxylic acids is 1. The number of piperidine rings is 1. The van der Waals surface area contributed by atoms with Gasteiger partial charge >= 0.3 is 0 Å². The summed E-state index contributed by atoms with van der Waals surface area (Å²) >= 11 is 0. The lowest BCUT2D eigenvalue weighted by molar-refractivity contribution is -0.139. The fourth-order valence-electron chi connectivity index (χ4n) is 7.07. The van der Waals surface area contributed by atoms with Crippen LogP contribution in [0.4, 0.5) is 5.69 Å². The van der Waals surface area contributed by atoms with E-state index < -0.39 is 0 Å². The van der Waals surface area contributed by atoms with E-state index in [-0.39, 0.29) is 23.3 Å². The summed E-state index contributed by atoms with van der Waals surface area (Å²) in [4.78, 5) is 24.6. The number of likely N-dealkylation sites (tertiary alicyclic amines) is 1. The Morgan fingerprint density at radius 2 is 1.90 bits per heavy atom. The molecule has 0 N–H and O–H groups in total. The largest absolute Gasteiger partial charge is 0.378 e. The van der Waals surface area contributed by atoms with Crippen LogP contribution in [0.3, 0.4) is 0 Å². The zero-order valence-corrected chi connectivity index (χ0v) is 24.3. The summed E-state index contributed by atoms with van der Waals surface area (Å²) < 4.78 is 13.7. The zero-order valence-electron chi connectivity index (χ0n) is 24.3. The minimum Gasteiger partial charge on any atom is -0.378 e. The molecule has 0 unspecified atom stereocenters. The first-order chi connectivity index (χ1) is 20.6. The van der Waals surface area contributed by atoms with Gasteiger partial charge < -0.3 is 19.3 Å². The van der Waals surface area contributed by atoms with Crippen molar-refractivity contribution in [1.29, 1.82) is 5.26 Å². The molecule has 42 heavy (non-hydrogen) atoms.